The van der Waals surface area contributed by atoms with Gasteiger partial charge in [-0.25, -0.2) is 0 Å². The Labute approximate surface area is 203 Å². The largest absolute Gasteiger partial charge is 0.393 e. The molecule has 33 heavy (non-hydrogen) atoms. The van der Waals surface area contributed by atoms with Crippen LogP contribution in [-0.2, 0) is 0 Å². The van der Waals surface area contributed by atoms with Crippen LogP contribution in [0.5, 0.6) is 0 Å². The minimum absolute atomic E-state index is 0.0726. The van der Waals surface area contributed by atoms with Crippen LogP contribution in [-0.4, -0.2) is 11.2 Å². The fourth-order valence-electron chi connectivity index (χ4n) is 7.41. The van der Waals surface area contributed by atoms with E-state index < -0.39 is 0 Å². The molecule has 1 saturated carbocycles. The summed E-state index contributed by atoms with van der Waals surface area (Å²) in [7, 11) is 0. The minimum atomic E-state index is -0.187. The number of hydrogen-bond acceptors (Lipinski definition) is 1. The van der Waals surface area contributed by atoms with E-state index in [-0.39, 0.29) is 22.9 Å². The predicted octanol–water partition coefficient (Wildman–Crippen LogP) is 7.75. The highest BCUT2D eigenvalue weighted by Crippen LogP contribution is 2.60. The van der Waals surface area contributed by atoms with E-state index in [1.165, 1.54) is 5.57 Å². The number of aliphatic hydroxyl groups is 1. The van der Waals surface area contributed by atoms with Crippen molar-refractivity contribution in [2.75, 3.05) is 0 Å². The van der Waals surface area contributed by atoms with Crippen molar-refractivity contribution in [3.63, 3.8) is 0 Å². The zero-order valence-electron chi connectivity index (χ0n) is 22.1. The van der Waals surface area contributed by atoms with Crippen molar-refractivity contribution in [1.82, 2.24) is 0 Å². The Morgan fingerprint density at radius 2 is 1.82 bits per heavy atom. The Hall–Kier alpha value is -1.52. The molecule has 0 aliphatic heterocycles. The summed E-state index contributed by atoms with van der Waals surface area (Å²) >= 11 is 0. The van der Waals surface area contributed by atoms with E-state index in [1.54, 1.807) is 5.57 Å². The van der Waals surface area contributed by atoms with Gasteiger partial charge >= 0.3 is 0 Å². The number of aliphatic hydroxyl groups excluding tert-OH is 1. The summed E-state index contributed by atoms with van der Waals surface area (Å²) in [6, 6.07) is 0. The fraction of sp³-hybridized carbons (Fsp3) is 0.688. The van der Waals surface area contributed by atoms with E-state index in [1.807, 2.05) is 0 Å². The molecule has 0 aromatic heterocycles. The average molecular weight is 447 g/mol. The Balaban J connectivity index is 1.74. The highest BCUT2D eigenvalue weighted by molar-refractivity contribution is 5.43. The molecule has 0 radical (unpaired) electrons. The molecule has 4 aliphatic rings. The van der Waals surface area contributed by atoms with Gasteiger partial charge in [0.25, 0.3) is 0 Å². The van der Waals surface area contributed by atoms with Crippen molar-refractivity contribution >= 4 is 0 Å². The summed E-state index contributed by atoms with van der Waals surface area (Å²) in [5, 5.41) is 10.3. The van der Waals surface area contributed by atoms with Crippen molar-refractivity contribution in [2.24, 2.45) is 52.3 Å². The van der Waals surface area contributed by atoms with Crippen molar-refractivity contribution in [3.8, 4) is 11.8 Å². The lowest BCUT2D eigenvalue weighted by Gasteiger charge is -2.55. The molecule has 0 spiro atoms. The third-order valence-electron chi connectivity index (χ3n) is 9.98. The SMILES string of the molecule is CC(C)C(C)/C=C/C(C)C1C=CC(C)C2C3=CC=C4CC(O)CCC4(C)C3C#CCCC12C. The van der Waals surface area contributed by atoms with Gasteiger partial charge in [0.15, 0.2) is 0 Å². The van der Waals surface area contributed by atoms with Crippen LogP contribution in [0.3, 0.4) is 0 Å². The number of rotatable bonds is 4. The molecule has 0 amide bonds. The van der Waals surface area contributed by atoms with Gasteiger partial charge in [-0.15, -0.1) is 5.92 Å². The molecule has 9 atom stereocenters. The first-order valence-electron chi connectivity index (χ1n) is 13.5. The Morgan fingerprint density at radius 3 is 2.55 bits per heavy atom. The second-order valence-corrected chi connectivity index (χ2v) is 12.5. The third-order valence-corrected chi connectivity index (χ3v) is 9.98. The zero-order valence-corrected chi connectivity index (χ0v) is 22.1. The van der Waals surface area contributed by atoms with Crippen LogP contribution in [0.2, 0.25) is 0 Å². The van der Waals surface area contributed by atoms with Gasteiger partial charge in [0.05, 0.1) is 12.0 Å². The molecule has 1 heteroatoms. The van der Waals surface area contributed by atoms with Crippen molar-refractivity contribution in [2.45, 2.75) is 86.7 Å². The average Bonchev–Trinajstić information content (AvgIpc) is 2.75. The molecule has 0 heterocycles. The summed E-state index contributed by atoms with van der Waals surface area (Å²) < 4.78 is 0. The summed E-state index contributed by atoms with van der Waals surface area (Å²) in [6.45, 7) is 16.8. The first kappa shape index (κ1) is 24.6. The molecule has 1 N–H and O–H groups in total. The van der Waals surface area contributed by atoms with Gasteiger partial charge in [0.2, 0.25) is 0 Å². The first-order valence-corrected chi connectivity index (χ1v) is 13.5. The van der Waals surface area contributed by atoms with Gasteiger partial charge in [-0.2, -0.15) is 0 Å². The van der Waals surface area contributed by atoms with Crippen LogP contribution in [0.25, 0.3) is 0 Å². The van der Waals surface area contributed by atoms with E-state index in [0.29, 0.717) is 35.5 Å². The Kier molecular flexibility index (Phi) is 6.90. The van der Waals surface area contributed by atoms with Gasteiger partial charge in [-0.3, -0.25) is 0 Å². The standard InChI is InChI=1S/C32H46O/c1-21(2)22(3)11-12-23(4)28-16-13-24(5)30-27-15-14-25-20-26(33)17-19-31(25,6)29(27)10-8-9-18-32(28,30)7/h11-16,21-24,26,28-30,33H,9,17-20H2,1-7H3/b12-11+. The van der Waals surface area contributed by atoms with E-state index in [0.717, 1.165) is 32.1 Å². The maximum atomic E-state index is 10.3. The van der Waals surface area contributed by atoms with Gasteiger partial charge in [-0.1, -0.05) is 102 Å². The summed E-state index contributed by atoms with van der Waals surface area (Å²) in [5.74, 6) is 11.1. The van der Waals surface area contributed by atoms with Crippen molar-refractivity contribution in [1.29, 1.82) is 0 Å². The van der Waals surface area contributed by atoms with Crippen LogP contribution in [0.4, 0.5) is 0 Å². The zero-order chi connectivity index (χ0) is 24.0. The Bertz CT molecular complexity index is 920. The minimum Gasteiger partial charge on any atom is -0.393 e. The normalized spacial score (nSPS) is 42.0. The van der Waals surface area contributed by atoms with Crippen LogP contribution >= 0.6 is 0 Å². The van der Waals surface area contributed by atoms with E-state index >= 15 is 0 Å². The van der Waals surface area contributed by atoms with Crippen molar-refractivity contribution in [3.05, 3.63) is 47.6 Å². The second-order valence-electron chi connectivity index (χ2n) is 12.5. The lowest BCUT2D eigenvalue weighted by Crippen LogP contribution is -2.48. The number of allylic oxidation sites excluding steroid dienone is 7. The Morgan fingerprint density at radius 1 is 1.06 bits per heavy atom. The number of hydrogen-bond donors (Lipinski definition) is 1. The molecular formula is C32H46O. The molecule has 1 nitrogen and oxygen atoms in total. The highest BCUT2D eigenvalue weighted by atomic mass is 16.3. The van der Waals surface area contributed by atoms with E-state index in [4.69, 9.17) is 0 Å². The molecule has 4 rings (SSSR count). The monoisotopic (exact) mass is 446 g/mol. The molecule has 4 aliphatic carbocycles. The lowest BCUT2D eigenvalue weighted by atomic mass is 9.49. The van der Waals surface area contributed by atoms with Crippen molar-refractivity contribution < 1.29 is 5.11 Å². The van der Waals surface area contributed by atoms with Gasteiger partial charge < -0.3 is 5.11 Å². The molecular weight excluding hydrogens is 400 g/mol. The smallest absolute Gasteiger partial charge is 0.0578 e. The first-order chi connectivity index (χ1) is 15.6. The van der Waals surface area contributed by atoms with Crippen LogP contribution in [0.1, 0.15) is 80.6 Å². The summed E-state index contributed by atoms with van der Waals surface area (Å²) in [4.78, 5) is 0. The van der Waals surface area contributed by atoms with Gasteiger partial charge in [-0.05, 0) is 66.6 Å². The molecule has 9 unspecified atom stereocenters. The molecule has 180 valence electrons. The quantitative estimate of drug-likeness (QED) is 0.346. The molecule has 0 aromatic carbocycles. The predicted molar refractivity (Wildman–Crippen MR) is 140 cm³/mol. The third kappa shape index (κ3) is 4.34. The maximum Gasteiger partial charge on any atom is 0.0578 e. The maximum absolute atomic E-state index is 10.3. The van der Waals surface area contributed by atoms with E-state index in [9.17, 15) is 5.11 Å². The van der Waals surface area contributed by atoms with Gasteiger partial charge in [0.1, 0.15) is 0 Å². The lowest BCUT2D eigenvalue weighted by molar-refractivity contribution is 0.0528. The second kappa shape index (κ2) is 9.26. The molecule has 0 aromatic rings. The molecule has 0 saturated heterocycles. The number of fused-ring (bicyclic) bond motifs is 5. The van der Waals surface area contributed by atoms with Crippen LogP contribution < -0.4 is 0 Å². The summed E-state index contributed by atoms with van der Waals surface area (Å²) in [5.41, 5.74) is 3.26. The highest BCUT2D eigenvalue weighted by Gasteiger charge is 2.53. The topological polar surface area (TPSA) is 20.2 Å². The molecule has 0 bridgehead atoms. The van der Waals surface area contributed by atoms with Crippen LogP contribution in [0, 0.1) is 64.1 Å². The van der Waals surface area contributed by atoms with Crippen LogP contribution in [0.15, 0.2) is 47.6 Å². The van der Waals surface area contributed by atoms with Gasteiger partial charge in [0, 0.05) is 11.8 Å². The fourth-order valence-corrected chi connectivity index (χ4v) is 7.41. The summed E-state index contributed by atoms with van der Waals surface area (Å²) in [6.07, 6.45) is 19.5. The van der Waals surface area contributed by atoms with E-state index in [2.05, 4.69) is 96.8 Å². The molecule has 1 fully saturated rings.